The molecule has 0 saturated heterocycles. The highest BCUT2D eigenvalue weighted by molar-refractivity contribution is 5.22. The van der Waals surface area contributed by atoms with E-state index in [0.29, 0.717) is 13.2 Å². The summed E-state index contributed by atoms with van der Waals surface area (Å²) in [6.45, 7) is 5.72. The smallest absolute Gasteiger partial charge is 0.129 e. The van der Waals surface area contributed by atoms with Crippen molar-refractivity contribution in [3.63, 3.8) is 0 Å². The topological polar surface area (TPSA) is 55.1 Å². The Morgan fingerprint density at radius 2 is 2.12 bits per heavy atom. The van der Waals surface area contributed by atoms with Gasteiger partial charge in [0.1, 0.15) is 12.4 Å². The number of rotatable bonds is 12. The van der Waals surface area contributed by atoms with Crippen LogP contribution < -0.4 is 0 Å². The Morgan fingerprint density at radius 1 is 1.24 bits per heavy atom. The van der Waals surface area contributed by atoms with Crippen LogP contribution in [0.1, 0.15) is 23.3 Å². The summed E-state index contributed by atoms with van der Waals surface area (Å²) in [6, 6.07) is 12.2. The van der Waals surface area contributed by atoms with E-state index in [1.807, 2.05) is 12.1 Å². The van der Waals surface area contributed by atoms with Crippen LogP contribution >= 0.6 is 0 Å². The van der Waals surface area contributed by atoms with E-state index in [-0.39, 0.29) is 6.61 Å². The van der Waals surface area contributed by atoms with Crippen molar-refractivity contribution in [2.24, 2.45) is 0 Å². The second-order valence-corrected chi connectivity index (χ2v) is 6.32. The molecular formula is C20H29NO4. The van der Waals surface area contributed by atoms with E-state index in [2.05, 4.69) is 36.1 Å². The van der Waals surface area contributed by atoms with Crippen LogP contribution in [0.2, 0.25) is 0 Å². The van der Waals surface area contributed by atoms with Crippen LogP contribution in [0.15, 0.2) is 47.1 Å². The van der Waals surface area contributed by atoms with E-state index >= 15 is 0 Å². The number of benzene rings is 1. The van der Waals surface area contributed by atoms with Crippen molar-refractivity contribution in [1.29, 1.82) is 0 Å². The van der Waals surface area contributed by atoms with E-state index in [4.69, 9.17) is 13.9 Å². The summed E-state index contributed by atoms with van der Waals surface area (Å²) in [7, 11) is 1.71. The monoisotopic (exact) mass is 347 g/mol. The zero-order valence-electron chi connectivity index (χ0n) is 15.2. The fraction of sp³-hybridized carbons (Fsp3) is 0.500. The average molecular weight is 347 g/mol. The van der Waals surface area contributed by atoms with Gasteiger partial charge in [-0.05, 0) is 31.0 Å². The summed E-state index contributed by atoms with van der Waals surface area (Å²) in [5.41, 5.74) is 2.50. The standard InChI is InChI=1S/C20H29NO4/c1-17-6-3-7-18(12-17)13-21(9-5-10-23-2)14-19(22)15-24-16-20-8-4-11-25-20/h3-4,6-8,11-12,19,22H,5,9-10,13-16H2,1-2H3. The largest absolute Gasteiger partial charge is 0.467 e. The van der Waals surface area contributed by atoms with Gasteiger partial charge in [0, 0.05) is 33.4 Å². The van der Waals surface area contributed by atoms with Crippen molar-refractivity contribution in [2.75, 3.05) is 33.4 Å². The zero-order valence-corrected chi connectivity index (χ0v) is 15.2. The maximum absolute atomic E-state index is 10.3. The highest BCUT2D eigenvalue weighted by Crippen LogP contribution is 2.10. The number of ether oxygens (including phenoxy) is 2. The van der Waals surface area contributed by atoms with E-state index < -0.39 is 6.10 Å². The second kappa shape index (κ2) is 11.1. The van der Waals surface area contributed by atoms with Crippen LogP contribution in [0.5, 0.6) is 0 Å². The molecule has 1 heterocycles. The third kappa shape index (κ3) is 7.84. The summed E-state index contributed by atoms with van der Waals surface area (Å²) < 4.78 is 15.9. The number of hydrogen-bond acceptors (Lipinski definition) is 5. The minimum Gasteiger partial charge on any atom is -0.467 e. The van der Waals surface area contributed by atoms with Crippen LogP contribution in [0, 0.1) is 6.92 Å². The summed E-state index contributed by atoms with van der Waals surface area (Å²) in [5, 5.41) is 10.3. The molecular weight excluding hydrogens is 318 g/mol. The minimum absolute atomic E-state index is 0.287. The maximum atomic E-state index is 10.3. The van der Waals surface area contributed by atoms with Crippen LogP contribution in [0.4, 0.5) is 0 Å². The van der Waals surface area contributed by atoms with E-state index in [9.17, 15) is 5.11 Å². The fourth-order valence-corrected chi connectivity index (χ4v) is 2.78. The number of methoxy groups -OCH3 is 1. The van der Waals surface area contributed by atoms with E-state index in [0.717, 1.165) is 31.9 Å². The quantitative estimate of drug-likeness (QED) is 0.598. The molecule has 0 bridgehead atoms. The Kier molecular flexibility index (Phi) is 8.69. The van der Waals surface area contributed by atoms with Crippen molar-refractivity contribution in [3.8, 4) is 0 Å². The zero-order chi connectivity index (χ0) is 17.9. The van der Waals surface area contributed by atoms with Crippen molar-refractivity contribution in [3.05, 3.63) is 59.5 Å². The van der Waals surface area contributed by atoms with Crippen LogP contribution in [0.3, 0.4) is 0 Å². The number of hydrogen-bond donors (Lipinski definition) is 1. The number of furan rings is 1. The molecule has 1 N–H and O–H groups in total. The Balaban J connectivity index is 1.81. The summed E-state index contributed by atoms with van der Waals surface area (Å²) in [4.78, 5) is 2.24. The maximum Gasteiger partial charge on any atom is 0.129 e. The molecule has 25 heavy (non-hydrogen) atoms. The van der Waals surface area contributed by atoms with Gasteiger partial charge in [0.2, 0.25) is 0 Å². The van der Waals surface area contributed by atoms with Crippen LogP contribution in [0.25, 0.3) is 0 Å². The lowest BCUT2D eigenvalue weighted by Crippen LogP contribution is -2.35. The van der Waals surface area contributed by atoms with Gasteiger partial charge in [-0.15, -0.1) is 0 Å². The molecule has 2 aromatic rings. The molecule has 1 atom stereocenters. The van der Waals surface area contributed by atoms with Gasteiger partial charge in [0.15, 0.2) is 0 Å². The molecule has 0 aliphatic rings. The highest BCUT2D eigenvalue weighted by Gasteiger charge is 2.13. The lowest BCUT2D eigenvalue weighted by molar-refractivity contribution is 0.00281. The summed E-state index contributed by atoms with van der Waals surface area (Å²) in [6.07, 6.45) is 2.01. The van der Waals surface area contributed by atoms with E-state index in [1.165, 1.54) is 11.1 Å². The molecule has 138 valence electrons. The number of aliphatic hydroxyl groups is 1. The summed E-state index contributed by atoms with van der Waals surface area (Å²) in [5.74, 6) is 0.768. The predicted octanol–water partition coefficient (Wildman–Crippen LogP) is 3.00. The van der Waals surface area contributed by atoms with Crippen LogP contribution in [-0.2, 0) is 22.6 Å². The first kappa shape index (κ1) is 19.7. The second-order valence-electron chi connectivity index (χ2n) is 6.32. The average Bonchev–Trinajstić information content (AvgIpc) is 3.08. The van der Waals surface area contributed by atoms with Crippen molar-refractivity contribution in [1.82, 2.24) is 4.90 Å². The third-order valence-corrected chi connectivity index (χ3v) is 3.92. The van der Waals surface area contributed by atoms with Gasteiger partial charge in [-0.3, -0.25) is 4.90 Å². The van der Waals surface area contributed by atoms with Crippen molar-refractivity contribution < 1.29 is 19.0 Å². The minimum atomic E-state index is -0.540. The Labute approximate surface area is 150 Å². The van der Waals surface area contributed by atoms with Gasteiger partial charge in [0.25, 0.3) is 0 Å². The van der Waals surface area contributed by atoms with Gasteiger partial charge in [-0.1, -0.05) is 29.8 Å². The molecule has 1 aromatic carbocycles. The molecule has 0 radical (unpaired) electrons. The van der Waals surface area contributed by atoms with Gasteiger partial charge in [0.05, 0.1) is 19.0 Å². The van der Waals surface area contributed by atoms with Crippen molar-refractivity contribution in [2.45, 2.75) is 32.6 Å². The molecule has 0 spiro atoms. The van der Waals surface area contributed by atoms with E-state index in [1.54, 1.807) is 13.4 Å². The molecule has 0 fully saturated rings. The lowest BCUT2D eigenvalue weighted by Gasteiger charge is -2.25. The fourth-order valence-electron chi connectivity index (χ4n) is 2.78. The first-order valence-corrected chi connectivity index (χ1v) is 8.72. The number of aryl methyl sites for hydroxylation is 1. The first-order chi connectivity index (χ1) is 12.2. The molecule has 1 aromatic heterocycles. The summed E-state index contributed by atoms with van der Waals surface area (Å²) >= 11 is 0. The predicted molar refractivity (Wildman–Crippen MR) is 97.3 cm³/mol. The Bertz CT molecular complexity index is 585. The molecule has 1 unspecified atom stereocenters. The van der Waals surface area contributed by atoms with Gasteiger partial charge in [-0.2, -0.15) is 0 Å². The van der Waals surface area contributed by atoms with Crippen LogP contribution in [-0.4, -0.2) is 49.5 Å². The molecule has 0 amide bonds. The normalized spacial score (nSPS) is 12.6. The Hall–Kier alpha value is -1.66. The number of nitrogens with zero attached hydrogens (tertiary/aromatic N) is 1. The van der Waals surface area contributed by atoms with Gasteiger partial charge in [-0.25, -0.2) is 0 Å². The lowest BCUT2D eigenvalue weighted by atomic mass is 10.1. The van der Waals surface area contributed by atoms with Gasteiger partial charge >= 0.3 is 0 Å². The Morgan fingerprint density at radius 3 is 2.84 bits per heavy atom. The molecule has 5 heteroatoms. The molecule has 0 aliphatic carbocycles. The molecule has 0 aliphatic heterocycles. The SMILES string of the molecule is COCCCN(Cc1cccc(C)c1)CC(O)COCc1ccco1. The third-order valence-electron chi connectivity index (χ3n) is 3.92. The van der Waals surface area contributed by atoms with Crippen molar-refractivity contribution >= 4 is 0 Å². The first-order valence-electron chi connectivity index (χ1n) is 8.72. The molecule has 2 rings (SSSR count). The number of aliphatic hydroxyl groups excluding tert-OH is 1. The molecule has 5 nitrogen and oxygen atoms in total. The van der Waals surface area contributed by atoms with Gasteiger partial charge < -0.3 is 19.0 Å². The highest BCUT2D eigenvalue weighted by atomic mass is 16.5. The molecule has 0 saturated carbocycles.